The highest BCUT2D eigenvalue weighted by molar-refractivity contribution is 5.94. The summed E-state index contributed by atoms with van der Waals surface area (Å²) < 4.78 is 5.97. The van der Waals surface area contributed by atoms with Crippen LogP contribution < -0.4 is 5.32 Å². The largest absolute Gasteiger partial charge is 0.477 e. The summed E-state index contributed by atoms with van der Waals surface area (Å²) in [6, 6.07) is 11.1. The Kier molecular flexibility index (Phi) is 5.63. The summed E-state index contributed by atoms with van der Waals surface area (Å²) >= 11 is 0. The van der Waals surface area contributed by atoms with E-state index in [0.717, 1.165) is 25.0 Å². The van der Waals surface area contributed by atoms with Crippen LogP contribution in [-0.2, 0) is 4.74 Å². The molecule has 3 rings (SSSR count). The molecule has 2 unspecified atom stereocenters. The number of nitrogens with zero attached hydrogens (tertiary/aromatic N) is 1. The fourth-order valence-corrected chi connectivity index (χ4v) is 3.16. The lowest BCUT2D eigenvalue weighted by atomic mass is 9.89. The number of carboxylic acids is 1. The maximum Gasteiger partial charge on any atom is 0.354 e. The van der Waals surface area contributed by atoms with Crippen molar-refractivity contribution in [2.75, 3.05) is 13.2 Å². The molecule has 0 saturated carbocycles. The van der Waals surface area contributed by atoms with Crippen LogP contribution in [0.15, 0.2) is 42.6 Å². The first-order valence-corrected chi connectivity index (χ1v) is 8.70. The molecule has 2 aromatic rings. The molecule has 0 spiro atoms. The van der Waals surface area contributed by atoms with Crippen LogP contribution in [0, 0.1) is 12.8 Å². The summed E-state index contributed by atoms with van der Waals surface area (Å²) in [5.41, 5.74) is 2.59. The molecular formula is C20H22N2O4. The fourth-order valence-electron chi connectivity index (χ4n) is 3.16. The van der Waals surface area contributed by atoms with Gasteiger partial charge in [-0.3, -0.25) is 4.79 Å². The monoisotopic (exact) mass is 354 g/mol. The van der Waals surface area contributed by atoms with Gasteiger partial charge in [-0.15, -0.1) is 0 Å². The molecule has 1 amide bonds. The van der Waals surface area contributed by atoms with Crippen molar-refractivity contribution >= 4 is 11.9 Å². The molecule has 1 aromatic carbocycles. The number of benzene rings is 1. The number of amides is 1. The molecule has 0 bridgehead atoms. The van der Waals surface area contributed by atoms with Crippen molar-refractivity contribution in [2.24, 2.45) is 5.92 Å². The first-order chi connectivity index (χ1) is 12.5. The van der Waals surface area contributed by atoms with Crippen LogP contribution >= 0.6 is 0 Å². The molecule has 6 nitrogen and oxygen atoms in total. The third-order valence-electron chi connectivity index (χ3n) is 4.62. The number of aryl methyl sites for hydroxylation is 1. The van der Waals surface area contributed by atoms with Crippen molar-refractivity contribution in [3.8, 4) is 0 Å². The van der Waals surface area contributed by atoms with Crippen LogP contribution in [0.1, 0.15) is 50.9 Å². The van der Waals surface area contributed by atoms with Gasteiger partial charge in [0.1, 0.15) is 5.69 Å². The molecule has 0 radical (unpaired) electrons. The summed E-state index contributed by atoms with van der Waals surface area (Å²) in [7, 11) is 0. The summed E-state index contributed by atoms with van der Waals surface area (Å²) in [4.78, 5) is 26.9. The Morgan fingerprint density at radius 3 is 2.65 bits per heavy atom. The zero-order chi connectivity index (χ0) is 18.5. The molecule has 136 valence electrons. The van der Waals surface area contributed by atoms with E-state index in [2.05, 4.69) is 34.6 Å². The number of hydrogen-bond donors (Lipinski definition) is 2. The van der Waals surface area contributed by atoms with E-state index in [1.807, 2.05) is 6.92 Å². The van der Waals surface area contributed by atoms with Gasteiger partial charge in [0.05, 0.1) is 11.7 Å². The zero-order valence-electron chi connectivity index (χ0n) is 14.6. The summed E-state index contributed by atoms with van der Waals surface area (Å²) in [6.45, 7) is 3.27. The van der Waals surface area contributed by atoms with E-state index in [0.29, 0.717) is 12.1 Å². The molecule has 26 heavy (non-hydrogen) atoms. The van der Waals surface area contributed by atoms with E-state index in [1.165, 1.54) is 23.9 Å². The topological polar surface area (TPSA) is 88.5 Å². The number of aromatic nitrogens is 1. The van der Waals surface area contributed by atoms with Crippen LogP contribution in [0.5, 0.6) is 0 Å². The van der Waals surface area contributed by atoms with Crippen LogP contribution in [0.4, 0.5) is 0 Å². The second-order valence-electron chi connectivity index (χ2n) is 6.55. The molecular weight excluding hydrogens is 332 g/mol. The predicted molar refractivity (Wildman–Crippen MR) is 96.1 cm³/mol. The van der Waals surface area contributed by atoms with Gasteiger partial charge < -0.3 is 15.2 Å². The van der Waals surface area contributed by atoms with Crippen LogP contribution in [-0.4, -0.2) is 35.1 Å². The Balaban J connectivity index is 1.63. The number of ether oxygens (including phenoxy) is 1. The van der Waals surface area contributed by atoms with E-state index in [9.17, 15) is 9.59 Å². The van der Waals surface area contributed by atoms with Crippen molar-refractivity contribution in [1.82, 2.24) is 10.3 Å². The summed E-state index contributed by atoms with van der Waals surface area (Å²) in [5, 5.41) is 11.8. The molecule has 1 saturated heterocycles. The number of nitrogens with one attached hydrogen (secondary N) is 1. The van der Waals surface area contributed by atoms with Crippen molar-refractivity contribution in [2.45, 2.75) is 25.9 Å². The van der Waals surface area contributed by atoms with Crippen LogP contribution in [0.2, 0.25) is 0 Å². The van der Waals surface area contributed by atoms with E-state index >= 15 is 0 Å². The molecule has 1 aromatic heterocycles. The van der Waals surface area contributed by atoms with E-state index in [4.69, 9.17) is 9.84 Å². The lowest BCUT2D eigenvalue weighted by Crippen LogP contribution is -2.35. The summed E-state index contributed by atoms with van der Waals surface area (Å²) in [5.74, 6) is -1.18. The maximum absolute atomic E-state index is 12.3. The molecule has 2 heterocycles. The van der Waals surface area contributed by atoms with Crippen LogP contribution in [0.25, 0.3) is 0 Å². The smallest absolute Gasteiger partial charge is 0.354 e. The Hall–Kier alpha value is -2.73. The number of aromatic carboxylic acids is 1. The average Bonchev–Trinajstić information content (AvgIpc) is 2.67. The van der Waals surface area contributed by atoms with Gasteiger partial charge in [-0.1, -0.05) is 29.8 Å². The van der Waals surface area contributed by atoms with Crippen molar-refractivity contribution in [1.29, 1.82) is 0 Å². The van der Waals surface area contributed by atoms with Gasteiger partial charge in [-0.05, 0) is 37.5 Å². The average molecular weight is 354 g/mol. The number of pyridine rings is 1. The predicted octanol–water partition coefficient (Wildman–Crippen LogP) is 2.99. The highest BCUT2D eigenvalue weighted by atomic mass is 16.5. The lowest BCUT2D eigenvalue weighted by Gasteiger charge is -2.32. The minimum atomic E-state index is -1.11. The van der Waals surface area contributed by atoms with Crippen molar-refractivity contribution in [3.05, 3.63) is 65.0 Å². The second-order valence-corrected chi connectivity index (χ2v) is 6.55. The Bertz CT molecular complexity index is 771. The third-order valence-corrected chi connectivity index (χ3v) is 4.62. The second kappa shape index (κ2) is 8.10. The van der Waals surface area contributed by atoms with Crippen LogP contribution in [0.3, 0.4) is 0 Å². The first kappa shape index (κ1) is 18.1. The van der Waals surface area contributed by atoms with E-state index in [-0.39, 0.29) is 23.6 Å². The molecule has 1 aliphatic rings. The van der Waals surface area contributed by atoms with Gasteiger partial charge >= 0.3 is 5.97 Å². The van der Waals surface area contributed by atoms with Gasteiger partial charge in [0.25, 0.3) is 5.91 Å². The van der Waals surface area contributed by atoms with Gasteiger partial charge in [-0.25, -0.2) is 9.78 Å². The third kappa shape index (κ3) is 4.26. The summed E-state index contributed by atoms with van der Waals surface area (Å²) in [6.07, 6.45) is 3.21. The number of hydrogen-bond acceptors (Lipinski definition) is 4. The highest BCUT2D eigenvalue weighted by Gasteiger charge is 2.27. The fraction of sp³-hybridized carbons (Fsp3) is 0.350. The molecule has 0 aliphatic carbocycles. The standard InChI is InChI=1S/C20H22N2O4/c1-13-4-6-14(7-5-13)18-15(3-2-10-26-18)11-22-19(23)16-8-9-17(20(24)25)21-12-16/h4-9,12,15,18H,2-3,10-11H2,1H3,(H,22,23)(H,24,25). The van der Waals surface area contributed by atoms with Gasteiger partial charge in [0, 0.05) is 25.3 Å². The van der Waals surface area contributed by atoms with Gasteiger partial charge in [-0.2, -0.15) is 0 Å². The normalized spacial score (nSPS) is 19.7. The zero-order valence-corrected chi connectivity index (χ0v) is 14.6. The molecule has 1 fully saturated rings. The number of rotatable bonds is 5. The van der Waals surface area contributed by atoms with Crippen molar-refractivity contribution < 1.29 is 19.4 Å². The van der Waals surface area contributed by atoms with Gasteiger partial charge in [0.2, 0.25) is 0 Å². The number of carbonyl (C=O) groups is 2. The Labute approximate surface area is 152 Å². The van der Waals surface area contributed by atoms with E-state index in [1.54, 1.807) is 0 Å². The molecule has 2 atom stereocenters. The lowest BCUT2D eigenvalue weighted by molar-refractivity contribution is -0.0272. The minimum Gasteiger partial charge on any atom is -0.477 e. The molecule has 1 aliphatic heterocycles. The number of carboxylic acid groups (broad SMARTS) is 1. The minimum absolute atomic E-state index is 0.0304. The highest BCUT2D eigenvalue weighted by Crippen LogP contribution is 2.33. The van der Waals surface area contributed by atoms with E-state index < -0.39 is 5.97 Å². The molecule has 2 N–H and O–H groups in total. The Morgan fingerprint density at radius 2 is 2.00 bits per heavy atom. The number of carbonyl (C=O) groups excluding carboxylic acids is 1. The first-order valence-electron chi connectivity index (χ1n) is 8.70. The molecule has 6 heteroatoms. The maximum atomic E-state index is 12.3. The van der Waals surface area contributed by atoms with Crippen molar-refractivity contribution in [3.63, 3.8) is 0 Å². The Morgan fingerprint density at radius 1 is 1.23 bits per heavy atom. The SMILES string of the molecule is Cc1ccc(C2OCCCC2CNC(=O)c2ccc(C(=O)O)nc2)cc1. The quantitative estimate of drug-likeness (QED) is 0.862. The van der Waals surface area contributed by atoms with Gasteiger partial charge in [0.15, 0.2) is 0 Å².